The Morgan fingerprint density at radius 1 is 0.941 bits per heavy atom. The molecule has 90 valence electrons. The number of hydrogen-bond donors (Lipinski definition) is 0. The number of benzene rings is 1. The van der Waals surface area contributed by atoms with Crippen LogP contribution in [-0.4, -0.2) is 11.6 Å². The van der Waals surface area contributed by atoms with Crippen LogP contribution in [0, 0.1) is 17.5 Å². The first-order chi connectivity index (χ1) is 8.02. The molecule has 0 aliphatic heterocycles. The summed E-state index contributed by atoms with van der Waals surface area (Å²) in [5.74, 6) is -6.58. The van der Waals surface area contributed by atoms with Crippen molar-refractivity contribution < 1.29 is 22.8 Å². The van der Waals surface area contributed by atoms with Crippen molar-refractivity contribution >= 4 is 11.6 Å². The number of rotatable bonds is 1. The summed E-state index contributed by atoms with van der Waals surface area (Å²) in [5.41, 5.74) is -0.362. The predicted molar refractivity (Wildman–Crippen MR) is 52.9 cm³/mol. The molecule has 0 spiro atoms. The van der Waals surface area contributed by atoms with Crippen LogP contribution in [0.25, 0.3) is 0 Å². The average Bonchev–Trinajstić information content (AvgIpc) is 2.29. The van der Waals surface area contributed by atoms with E-state index in [9.17, 15) is 22.8 Å². The van der Waals surface area contributed by atoms with E-state index >= 15 is 0 Å². The van der Waals surface area contributed by atoms with E-state index in [0.717, 1.165) is 12.1 Å². The molecule has 2 nitrogen and oxygen atoms in total. The minimum absolute atomic E-state index is 0.162. The second kappa shape index (κ2) is 4.31. The summed E-state index contributed by atoms with van der Waals surface area (Å²) in [6.45, 7) is 0. The van der Waals surface area contributed by atoms with Gasteiger partial charge in [-0.15, -0.1) is 0 Å². The maximum Gasteiger partial charge on any atom is 0.194 e. The first-order valence-corrected chi connectivity index (χ1v) is 5.21. The fourth-order valence-corrected chi connectivity index (χ4v) is 2.02. The Balaban J connectivity index is 2.49. The van der Waals surface area contributed by atoms with Crippen molar-refractivity contribution in [2.45, 2.75) is 25.2 Å². The Morgan fingerprint density at radius 3 is 2.12 bits per heavy atom. The molecule has 0 amide bonds. The Kier molecular flexibility index (Phi) is 3.00. The van der Waals surface area contributed by atoms with Crippen molar-refractivity contribution in [3.05, 3.63) is 35.1 Å². The highest BCUT2D eigenvalue weighted by molar-refractivity contribution is 6.09. The number of Topliss-reactive ketones (excluding diaryl/α,β-unsaturated/α-hetero) is 2. The molecule has 1 aliphatic rings. The Morgan fingerprint density at radius 2 is 1.53 bits per heavy atom. The van der Waals surface area contributed by atoms with Crippen molar-refractivity contribution in [1.82, 2.24) is 0 Å². The third-order valence-corrected chi connectivity index (χ3v) is 2.87. The normalized spacial score (nSPS) is 17.6. The summed E-state index contributed by atoms with van der Waals surface area (Å²) in [6, 6.07) is 1.68. The summed E-state index contributed by atoms with van der Waals surface area (Å²) in [4.78, 5) is 23.1. The number of hydrogen-bond acceptors (Lipinski definition) is 2. The highest BCUT2D eigenvalue weighted by Crippen LogP contribution is 2.30. The molecule has 2 rings (SSSR count). The molecule has 1 fully saturated rings. The standard InChI is InChI=1S/C12H9F3O2/c13-7-5-4-6(11(14)12(7)15)10-8(16)2-1-3-9(10)17/h4-5,10H,1-3H2. The quantitative estimate of drug-likeness (QED) is 0.560. The van der Waals surface area contributed by atoms with E-state index in [0.29, 0.717) is 6.42 Å². The molecule has 0 atom stereocenters. The van der Waals surface area contributed by atoms with E-state index in [2.05, 4.69) is 0 Å². The van der Waals surface area contributed by atoms with Crippen LogP contribution in [0.15, 0.2) is 12.1 Å². The van der Waals surface area contributed by atoms with Crippen LogP contribution in [0.3, 0.4) is 0 Å². The largest absolute Gasteiger partial charge is 0.299 e. The molecule has 0 radical (unpaired) electrons. The minimum atomic E-state index is -1.64. The molecule has 0 unspecified atom stereocenters. The molecule has 1 aliphatic carbocycles. The Labute approximate surface area is 95.4 Å². The van der Waals surface area contributed by atoms with Gasteiger partial charge in [-0.25, -0.2) is 13.2 Å². The second-order valence-corrected chi connectivity index (χ2v) is 3.98. The molecule has 0 bridgehead atoms. The third-order valence-electron chi connectivity index (χ3n) is 2.87. The Hall–Kier alpha value is -1.65. The van der Waals surface area contributed by atoms with Crippen LogP contribution in [0.5, 0.6) is 0 Å². The average molecular weight is 242 g/mol. The molecule has 17 heavy (non-hydrogen) atoms. The molecule has 0 N–H and O–H groups in total. The Bertz CT molecular complexity index is 481. The van der Waals surface area contributed by atoms with Gasteiger partial charge in [-0.1, -0.05) is 6.07 Å². The highest BCUT2D eigenvalue weighted by atomic mass is 19.2. The fraction of sp³-hybridized carbons (Fsp3) is 0.333. The topological polar surface area (TPSA) is 34.1 Å². The van der Waals surface area contributed by atoms with E-state index in [1.54, 1.807) is 0 Å². The van der Waals surface area contributed by atoms with Crippen molar-refractivity contribution in [1.29, 1.82) is 0 Å². The molecule has 0 heterocycles. The molecule has 0 aromatic heterocycles. The van der Waals surface area contributed by atoms with Crippen LogP contribution in [0.4, 0.5) is 13.2 Å². The first kappa shape index (κ1) is 11.8. The van der Waals surface area contributed by atoms with Gasteiger partial charge in [0.05, 0.1) is 0 Å². The predicted octanol–water partition coefficient (Wildman–Crippen LogP) is 2.51. The van der Waals surface area contributed by atoms with Gasteiger partial charge in [0.1, 0.15) is 17.5 Å². The molecular formula is C12H9F3O2. The van der Waals surface area contributed by atoms with E-state index < -0.39 is 34.9 Å². The molecule has 5 heteroatoms. The van der Waals surface area contributed by atoms with Crippen LogP contribution < -0.4 is 0 Å². The summed E-state index contributed by atoms with van der Waals surface area (Å²) in [7, 11) is 0. The highest BCUT2D eigenvalue weighted by Gasteiger charge is 2.34. The van der Waals surface area contributed by atoms with Gasteiger partial charge in [-0.05, 0) is 12.5 Å². The van der Waals surface area contributed by atoms with Gasteiger partial charge in [-0.2, -0.15) is 0 Å². The number of carbonyl (C=O) groups is 2. The lowest BCUT2D eigenvalue weighted by atomic mass is 9.81. The van der Waals surface area contributed by atoms with Gasteiger partial charge in [-0.3, -0.25) is 9.59 Å². The summed E-state index contributed by atoms with van der Waals surface area (Å²) < 4.78 is 39.2. The smallest absolute Gasteiger partial charge is 0.194 e. The van der Waals surface area contributed by atoms with Gasteiger partial charge in [0.15, 0.2) is 17.5 Å². The van der Waals surface area contributed by atoms with Gasteiger partial charge >= 0.3 is 0 Å². The monoisotopic (exact) mass is 242 g/mol. The zero-order valence-corrected chi connectivity index (χ0v) is 8.80. The van der Waals surface area contributed by atoms with Crippen LogP contribution in [0.2, 0.25) is 0 Å². The van der Waals surface area contributed by atoms with Gasteiger partial charge in [0.25, 0.3) is 0 Å². The summed E-state index contributed by atoms with van der Waals surface area (Å²) >= 11 is 0. The van der Waals surface area contributed by atoms with Crippen LogP contribution >= 0.6 is 0 Å². The summed E-state index contributed by atoms with van der Waals surface area (Å²) in [5, 5.41) is 0. The molecule has 1 saturated carbocycles. The first-order valence-electron chi connectivity index (χ1n) is 5.21. The zero-order valence-electron chi connectivity index (χ0n) is 8.80. The lowest BCUT2D eigenvalue weighted by Gasteiger charge is -2.20. The SMILES string of the molecule is O=C1CCCC(=O)C1c1ccc(F)c(F)c1F. The van der Waals surface area contributed by atoms with Gasteiger partial charge in [0.2, 0.25) is 0 Å². The van der Waals surface area contributed by atoms with Gasteiger partial charge < -0.3 is 0 Å². The lowest BCUT2D eigenvalue weighted by Crippen LogP contribution is -2.27. The van der Waals surface area contributed by atoms with Crippen molar-refractivity contribution in [3.8, 4) is 0 Å². The minimum Gasteiger partial charge on any atom is -0.299 e. The number of carbonyl (C=O) groups excluding carboxylic acids is 2. The molecule has 1 aromatic carbocycles. The van der Waals surface area contributed by atoms with Crippen molar-refractivity contribution in [2.75, 3.05) is 0 Å². The molecule has 1 aromatic rings. The van der Waals surface area contributed by atoms with Gasteiger partial charge in [0, 0.05) is 18.4 Å². The summed E-state index contributed by atoms with van der Waals surface area (Å²) in [6.07, 6.45) is 0.753. The van der Waals surface area contributed by atoms with E-state index in [-0.39, 0.29) is 18.4 Å². The van der Waals surface area contributed by atoms with Crippen molar-refractivity contribution in [2.24, 2.45) is 0 Å². The second-order valence-electron chi connectivity index (χ2n) is 3.98. The van der Waals surface area contributed by atoms with Crippen LogP contribution in [-0.2, 0) is 9.59 Å². The molecular weight excluding hydrogens is 233 g/mol. The third kappa shape index (κ3) is 1.97. The number of ketones is 2. The van der Waals surface area contributed by atoms with E-state index in [1.807, 2.05) is 0 Å². The lowest BCUT2D eigenvalue weighted by molar-refractivity contribution is -0.131. The van der Waals surface area contributed by atoms with E-state index in [4.69, 9.17) is 0 Å². The molecule has 0 saturated heterocycles. The maximum absolute atomic E-state index is 13.5. The van der Waals surface area contributed by atoms with Crippen molar-refractivity contribution in [3.63, 3.8) is 0 Å². The zero-order chi connectivity index (χ0) is 12.6. The number of halogens is 3. The maximum atomic E-state index is 13.5. The van der Waals surface area contributed by atoms with E-state index in [1.165, 1.54) is 0 Å². The fourth-order valence-electron chi connectivity index (χ4n) is 2.02. The van der Waals surface area contributed by atoms with Crippen LogP contribution in [0.1, 0.15) is 30.7 Å².